The molecule has 19 heavy (non-hydrogen) atoms. The molecule has 6 nitrogen and oxygen atoms in total. The van der Waals surface area contributed by atoms with Crippen LogP contribution in [-0.2, 0) is 15.0 Å². The van der Waals surface area contributed by atoms with Crippen molar-refractivity contribution in [3.8, 4) is 0 Å². The second-order valence-corrected chi connectivity index (χ2v) is 8.50. The van der Waals surface area contributed by atoms with Gasteiger partial charge in [0, 0.05) is 12.1 Å². The van der Waals surface area contributed by atoms with Crippen LogP contribution in [0.4, 0.5) is 0 Å². The molecule has 3 N–H and O–H groups in total. The maximum Gasteiger partial charge on any atom is 0.307 e. The van der Waals surface area contributed by atoms with E-state index in [2.05, 4.69) is 9.44 Å². The maximum atomic E-state index is 11.7. The van der Waals surface area contributed by atoms with Crippen LogP contribution in [0.25, 0.3) is 0 Å². The van der Waals surface area contributed by atoms with E-state index in [1.165, 1.54) is 0 Å². The lowest BCUT2D eigenvalue weighted by atomic mass is 9.85. The lowest BCUT2D eigenvalue weighted by Gasteiger charge is -2.25. The normalized spacial score (nSPS) is 15.3. The molecule has 0 saturated heterocycles. The van der Waals surface area contributed by atoms with Gasteiger partial charge in [0.15, 0.2) is 0 Å². The van der Waals surface area contributed by atoms with Crippen molar-refractivity contribution in [2.45, 2.75) is 53.5 Å². The van der Waals surface area contributed by atoms with E-state index in [1.807, 2.05) is 20.8 Å². The number of nitrogens with one attached hydrogen (secondary N) is 2. The molecule has 0 saturated carbocycles. The predicted octanol–water partition coefficient (Wildman–Crippen LogP) is 1.35. The first-order valence-electron chi connectivity index (χ1n) is 6.23. The highest BCUT2D eigenvalue weighted by atomic mass is 32.2. The van der Waals surface area contributed by atoms with Crippen LogP contribution in [0.5, 0.6) is 0 Å². The minimum Gasteiger partial charge on any atom is -0.481 e. The molecule has 114 valence electrons. The summed E-state index contributed by atoms with van der Waals surface area (Å²) >= 11 is 0. The summed E-state index contributed by atoms with van der Waals surface area (Å²) in [5.41, 5.74) is -0.777. The topological polar surface area (TPSA) is 95.5 Å². The molecule has 0 radical (unpaired) electrons. The van der Waals surface area contributed by atoms with Crippen LogP contribution in [0, 0.1) is 11.3 Å². The van der Waals surface area contributed by atoms with Crippen molar-refractivity contribution in [1.29, 1.82) is 0 Å². The van der Waals surface area contributed by atoms with Gasteiger partial charge in [-0.2, -0.15) is 13.1 Å². The largest absolute Gasteiger partial charge is 0.481 e. The average Bonchev–Trinajstić information content (AvgIpc) is 2.05. The second-order valence-electron chi connectivity index (χ2n) is 7.00. The average molecular weight is 294 g/mol. The summed E-state index contributed by atoms with van der Waals surface area (Å²) in [6.07, 6.45) is 0.403. The molecule has 7 heteroatoms. The molecule has 0 aromatic rings. The zero-order chi connectivity index (χ0) is 15.5. The van der Waals surface area contributed by atoms with E-state index < -0.39 is 27.6 Å². The molecule has 0 rings (SSSR count). The Balaban J connectivity index is 4.61. The van der Waals surface area contributed by atoms with E-state index in [9.17, 15) is 13.2 Å². The first kappa shape index (κ1) is 18.3. The van der Waals surface area contributed by atoms with Crippen LogP contribution in [0.2, 0.25) is 0 Å². The van der Waals surface area contributed by atoms with Gasteiger partial charge >= 0.3 is 5.97 Å². The highest BCUT2D eigenvalue weighted by molar-refractivity contribution is 7.87. The fourth-order valence-corrected chi connectivity index (χ4v) is 2.93. The summed E-state index contributed by atoms with van der Waals surface area (Å²) in [4.78, 5) is 11.1. The van der Waals surface area contributed by atoms with E-state index >= 15 is 0 Å². The molecule has 0 heterocycles. The third-order valence-corrected chi connectivity index (χ3v) is 3.60. The molecular weight excluding hydrogens is 268 g/mol. The summed E-state index contributed by atoms with van der Waals surface area (Å²) in [6, 6.07) is 0. The van der Waals surface area contributed by atoms with E-state index in [1.54, 1.807) is 20.8 Å². The second kappa shape index (κ2) is 6.19. The minimum atomic E-state index is -3.69. The van der Waals surface area contributed by atoms with Gasteiger partial charge in [-0.05, 0) is 32.6 Å². The van der Waals surface area contributed by atoms with Gasteiger partial charge in [0.05, 0.1) is 5.92 Å². The highest BCUT2D eigenvalue weighted by Crippen LogP contribution is 2.24. The molecule has 0 fully saturated rings. The Bertz CT molecular complexity index is 404. The molecular formula is C12H26N2O4S. The Hall–Kier alpha value is -0.660. The SMILES string of the molecule is CC(C)(C)CC(CNS(=O)(=O)NC(C)(C)C)C(=O)O. The summed E-state index contributed by atoms with van der Waals surface area (Å²) < 4.78 is 28.2. The van der Waals surface area contributed by atoms with Crippen molar-refractivity contribution in [2.75, 3.05) is 6.54 Å². The number of carbonyl (C=O) groups is 1. The number of carboxylic acids is 1. The molecule has 0 aromatic carbocycles. The predicted molar refractivity (Wildman–Crippen MR) is 75.0 cm³/mol. The Morgan fingerprint density at radius 2 is 1.63 bits per heavy atom. The van der Waals surface area contributed by atoms with Gasteiger partial charge in [-0.1, -0.05) is 20.8 Å². The van der Waals surface area contributed by atoms with Gasteiger partial charge in [-0.15, -0.1) is 0 Å². The molecule has 0 aromatic heterocycles. The molecule has 0 bridgehead atoms. The van der Waals surface area contributed by atoms with Crippen LogP contribution in [0.15, 0.2) is 0 Å². The van der Waals surface area contributed by atoms with Crippen molar-refractivity contribution in [1.82, 2.24) is 9.44 Å². The van der Waals surface area contributed by atoms with Gasteiger partial charge in [-0.25, -0.2) is 4.72 Å². The number of hydrogen-bond acceptors (Lipinski definition) is 3. The van der Waals surface area contributed by atoms with E-state index in [4.69, 9.17) is 5.11 Å². The summed E-state index contributed by atoms with van der Waals surface area (Å²) in [5, 5.41) is 9.11. The Morgan fingerprint density at radius 1 is 1.16 bits per heavy atom. The van der Waals surface area contributed by atoms with E-state index in [0.29, 0.717) is 6.42 Å². The smallest absolute Gasteiger partial charge is 0.307 e. The van der Waals surface area contributed by atoms with Gasteiger partial charge in [0.25, 0.3) is 10.2 Å². The first-order chi connectivity index (χ1) is 8.22. The molecule has 0 aliphatic carbocycles. The third kappa shape index (κ3) is 9.86. The quantitative estimate of drug-likeness (QED) is 0.689. The lowest BCUT2D eigenvalue weighted by Crippen LogP contribution is -2.48. The van der Waals surface area contributed by atoms with Crippen LogP contribution >= 0.6 is 0 Å². The maximum absolute atomic E-state index is 11.7. The molecule has 1 atom stereocenters. The molecule has 0 amide bonds. The van der Waals surface area contributed by atoms with Crippen LogP contribution in [0.3, 0.4) is 0 Å². The van der Waals surface area contributed by atoms with Gasteiger partial charge in [0.2, 0.25) is 0 Å². The van der Waals surface area contributed by atoms with Crippen LogP contribution < -0.4 is 9.44 Å². The van der Waals surface area contributed by atoms with Gasteiger partial charge in [0.1, 0.15) is 0 Å². The molecule has 0 aliphatic rings. The van der Waals surface area contributed by atoms with Crippen LogP contribution in [-0.4, -0.2) is 31.6 Å². The van der Waals surface area contributed by atoms with Crippen molar-refractivity contribution in [3.05, 3.63) is 0 Å². The number of carboxylic acid groups (broad SMARTS) is 1. The minimum absolute atomic E-state index is 0.113. The zero-order valence-electron chi connectivity index (χ0n) is 12.6. The lowest BCUT2D eigenvalue weighted by molar-refractivity contribution is -0.142. The van der Waals surface area contributed by atoms with E-state index in [-0.39, 0.29) is 12.0 Å². The van der Waals surface area contributed by atoms with Crippen molar-refractivity contribution in [3.63, 3.8) is 0 Å². The molecule has 0 aliphatic heterocycles. The summed E-state index contributed by atoms with van der Waals surface area (Å²) in [6.45, 7) is 10.8. The first-order valence-corrected chi connectivity index (χ1v) is 7.71. The summed E-state index contributed by atoms with van der Waals surface area (Å²) in [5.74, 6) is -1.73. The Labute approximate surface area is 116 Å². The number of hydrogen-bond donors (Lipinski definition) is 3. The fourth-order valence-electron chi connectivity index (χ4n) is 1.64. The van der Waals surface area contributed by atoms with Crippen molar-refractivity contribution < 1.29 is 18.3 Å². The van der Waals surface area contributed by atoms with Gasteiger partial charge < -0.3 is 5.11 Å². The third-order valence-electron chi connectivity index (χ3n) is 2.17. The summed E-state index contributed by atoms with van der Waals surface area (Å²) in [7, 11) is -3.69. The van der Waals surface area contributed by atoms with Crippen molar-refractivity contribution in [2.24, 2.45) is 11.3 Å². The number of rotatable bonds is 6. The fraction of sp³-hybridized carbons (Fsp3) is 0.917. The molecule has 0 spiro atoms. The highest BCUT2D eigenvalue weighted by Gasteiger charge is 2.27. The number of aliphatic carboxylic acids is 1. The Morgan fingerprint density at radius 3 is 1.95 bits per heavy atom. The van der Waals surface area contributed by atoms with E-state index in [0.717, 1.165) is 0 Å². The zero-order valence-corrected chi connectivity index (χ0v) is 13.4. The van der Waals surface area contributed by atoms with Crippen LogP contribution in [0.1, 0.15) is 48.0 Å². The Kier molecular flexibility index (Phi) is 5.98. The standard InChI is InChI=1S/C12H26N2O4S/c1-11(2,3)7-9(10(15)16)8-13-19(17,18)14-12(4,5)6/h9,13-14H,7-8H2,1-6H3,(H,15,16). The van der Waals surface area contributed by atoms with Crippen molar-refractivity contribution >= 4 is 16.2 Å². The molecule has 1 unspecified atom stereocenters. The van der Waals surface area contributed by atoms with Gasteiger partial charge in [-0.3, -0.25) is 4.79 Å². The monoisotopic (exact) mass is 294 g/mol.